The van der Waals surface area contributed by atoms with Crippen LogP contribution < -0.4 is 0 Å². The summed E-state index contributed by atoms with van der Waals surface area (Å²) in [5.74, 6) is -0.998. The van der Waals surface area contributed by atoms with E-state index in [0.717, 1.165) is 51.4 Å². The maximum atomic E-state index is 12.5. The summed E-state index contributed by atoms with van der Waals surface area (Å²) >= 11 is 0. The van der Waals surface area contributed by atoms with Gasteiger partial charge in [0.15, 0.2) is 18.7 Å². The minimum absolute atomic E-state index is 0.133. The Hall–Kier alpha value is -2.28. The zero-order chi connectivity index (χ0) is 37.6. The summed E-state index contributed by atoms with van der Waals surface area (Å²) < 4.78 is 32.8. The Bertz CT molecular complexity index is 1040. The molecule has 2 rings (SSSR count). The Labute approximate surface area is 300 Å². The van der Waals surface area contributed by atoms with Crippen LogP contribution in [0, 0.1) is 0 Å². The van der Waals surface area contributed by atoms with Crippen molar-refractivity contribution in [2.75, 3.05) is 26.4 Å². The van der Waals surface area contributed by atoms with Crippen molar-refractivity contribution in [2.45, 2.75) is 151 Å². The van der Waals surface area contributed by atoms with Crippen molar-refractivity contribution >= 4 is 11.9 Å². The van der Waals surface area contributed by atoms with Gasteiger partial charge in [0.25, 0.3) is 0 Å². The molecular formula is C36H60O15. The van der Waals surface area contributed by atoms with E-state index in [9.17, 15) is 45.3 Å². The molecule has 7 N–H and O–H groups in total. The van der Waals surface area contributed by atoms with E-state index < -0.39 is 99.3 Å². The molecule has 0 spiro atoms. The molecule has 0 aromatic carbocycles. The lowest BCUT2D eigenvalue weighted by Gasteiger charge is -2.42. The number of unbranched alkanes of at least 4 members (excludes halogenated alkanes) is 6. The summed E-state index contributed by atoms with van der Waals surface area (Å²) in [4.78, 5) is 24.9. The largest absolute Gasteiger partial charge is 0.462 e. The van der Waals surface area contributed by atoms with Crippen LogP contribution in [-0.4, -0.2) is 142 Å². The second-order valence-corrected chi connectivity index (χ2v) is 12.8. The highest BCUT2D eigenvalue weighted by Crippen LogP contribution is 2.26. The van der Waals surface area contributed by atoms with Gasteiger partial charge in [-0.3, -0.25) is 9.59 Å². The third kappa shape index (κ3) is 16.5. The fourth-order valence-electron chi connectivity index (χ4n) is 5.37. The van der Waals surface area contributed by atoms with Gasteiger partial charge in [-0.15, -0.1) is 6.58 Å². The molecule has 2 saturated heterocycles. The molecule has 2 heterocycles. The standard InChI is InChI=1S/C36H60O15/c1-3-5-7-8-9-10-11-12-13-14-15-16-17-19-27(38)46-21-24(49-28(39)18-6-4-2)22-47-35-34(45)32(43)30(41)26(51-35)23-48-36-33(44)31(42)29(40)25(20-37)50-36/h3,7-8,10-11,24-26,29-37,40-45H,1,4-6,9,12-23H2,2H3/b8-7-,11-10-/t24-,25-,26-,29+,30+,31+,32+,33-,34-,35-,36+/m1/s1. The molecule has 15 heteroatoms. The van der Waals surface area contributed by atoms with Crippen molar-refractivity contribution < 1.29 is 73.8 Å². The minimum atomic E-state index is -1.76. The summed E-state index contributed by atoms with van der Waals surface area (Å²) in [5, 5.41) is 71.1. The van der Waals surface area contributed by atoms with Gasteiger partial charge in [-0.1, -0.05) is 63.0 Å². The number of carbonyl (C=O) groups is 2. The molecule has 2 fully saturated rings. The normalized spacial score (nSPS) is 30.4. The third-order valence-corrected chi connectivity index (χ3v) is 8.51. The second kappa shape index (κ2) is 25.7. The Morgan fingerprint density at radius 1 is 0.686 bits per heavy atom. The molecule has 0 unspecified atom stereocenters. The van der Waals surface area contributed by atoms with E-state index in [1.54, 1.807) is 0 Å². The van der Waals surface area contributed by atoms with E-state index in [-0.39, 0.29) is 19.4 Å². The van der Waals surface area contributed by atoms with Crippen molar-refractivity contribution in [1.82, 2.24) is 0 Å². The number of aliphatic hydroxyl groups excluding tert-OH is 7. The fourth-order valence-corrected chi connectivity index (χ4v) is 5.37. The molecule has 0 aromatic rings. The highest BCUT2D eigenvalue weighted by atomic mass is 16.7. The van der Waals surface area contributed by atoms with E-state index in [2.05, 4.69) is 30.9 Å². The molecule has 51 heavy (non-hydrogen) atoms. The van der Waals surface area contributed by atoms with Crippen molar-refractivity contribution in [3.63, 3.8) is 0 Å². The van der Waals surface area contributed by atoms with Crippen LogP contribution in [0.15, 0.2) is 37.0 Å². The minimum Gasteiger partial charge on any atom is -0.462 e. The maximum absolute atomic E-state index is 12.5. The van der Waals surface area contributed by atoms with Crippen LogP contribution in [0.3, 0.4) is 0 Å². The van der Waals surface area contributed by atoms with E-state index in [1.165, 1.54) is 0 Å². The SMILES string of the molecule is C=CC/C=C\C/C=C\CCCCCCCC(=O)OC[C@H](CO[C@@H]1O[C@H](CO[C@H]2O[C@H](CO)[C@H](O)[C@H](O)[C@H]2O)[C@H](O)[C@H](O)[C@H]1O)OC(=O)CCCC. The van der Waals surface area contributed by atoms with Crippen LogP contribution in [0.1, 0.15) is 84.0 Å². The molecule has 0 saturated carbocycles. The molecule has 0 aromatic heterocycles. The molecule has 15 nitrogen and oxygen atoms in total. The Kier molecular flexibility index (Phi) is 22.6. The monoisotopic (exact) mass is 732 g/mol. The molecule has 11 atom stereocenters. The molecule has 0 amide bonds. The maximum Gasteiger partial charge on any atom is 0.306 e. The Morgan fingerprint density at radius 3 is 1.96 bits per heavy atom. The van der Waals surface area contributed by atoms with Gasteiger partial charge in [0.05, 0.1) is 19.8 Å². The zero-order valence-corrected chi connectivity index (χ0v) is 29.7. The number of hydrogen-bond donors (Lipinski definition) is 7. The number of allylic oxidation sites excluding steroid dienone is 5. The van der Waals surface area contributed by atoms with Gasteiger partial charge in [0.1, 0.15) is 55.4 Å². The third-order valence-electron chi connectivity index (χ3n) is 8.51. The zero-order valence-electron chi connectivity index (χ0n) is 29.7. The first kappa shape index (κ1) is 44.9. The average Bonchev–Trinajstić information content (AvgIpc) is 3.12. The first-order valence-corrected chi connectivity index (χ1v) is 18.0. The summed E-state index contributed by atoms with van der Waals surface area (Å²) in [7, 11) is 0. The molecule has 0 aliphatic carbocycles. The number of aliphatic hydroxyl groups is 7. The summed E-state index contributed by atoms with van der Waals surface area (Å²) in [6, 6.07) is 0. The van der Waals surface area contributed by atoms with Gasteiger partial charge in [0, 0.05) is 12.8 Å². The lowest BCUT2D eigenvalue weighted by atomic mass is 9.98. The van der Waals surface area contributed by atoms with Crippen molar-refractivity contribution in [3.05, 3.63) is 37.0 Å². The van der Waals surface area contributed by atoms with Crippen LogP contribution in [0.5, 0.6) is 0 Å². The first-order chi connectivity index (χ1) is 24.5. The van der Waals surface area contributed by atoms with Gasteiger partial charge in [-0.2, -0.15) is 0 Å². The van der Waals surface area contributed by atoms with E-state index in [4.69, 9.17) is 28.4 Å². The number of carbonyl (C=O) groups excluding carboxylic acids is 2. The molecule has 0 radical (unpaired) electrons. The van der Waals surface area contributed by atoms with Crippen LogP contribution in [0.2, 0.25) is 0 Å². The summed E-state index contributed by atoms with van der Waals surface area (Å²) in [6.45, 7) is 3.67. The predicted molar refractivity (Wildman–Crippen MR) is 183 cm³/mol. The highest BCUT2D eigenvalue weighted by Gasteiger charge is 2.47. The quantitative estimate of drug-likeness (QED) is 0.0396. The number of ether oxygens (including phenoxy) is 6. The van der Waals surface area contributed by atoms with E-state index in [0.29, 0.717) is 12.8 Å². The average molecular weight is 733 g/mol. The van der Waals surface area contributed by atoms with Crippen LogP contribution in [-0.2, 0) is 38.0 Å². The van der Waals surface area contributed by atoms with Crippen molar-refractivity contribution in [1.29, 1.82) is 0 Å². The summed E-state index contributed by atoms with van der Waals surface area (Å²) in [5.41, 5.74) is 0. The lowest BCUT2D eigenvalue weighted by Crippen LogP contribution is -2.61. The van der Waals surface area contributed by atoms with Crippen molar-refractivity contribution in [2.24, 2.45) is 0 Å². The topological polar surface area (TPSA) is 231 Å². The molecule has 294 valence electrons. The summed E-state index contributed by atoms with van der Waals surface area (Å²) in [6.07, 6.45) is 2.59. The molecule has 2 aliphatic rings. The highest BCUT2D eigenvalue weighted by molar-refractivity contribution is 5.70. The van der Waals surface area contributed by atoms with Gasteiger partial charge in [-0.25, -0.2) is 0 Å². The van der Waals surface area contributed by atoms with Crippen LogP contribution in [0.25, 0.3) is 0 Å². The van der Waals surface area contributed by atoms with Crippen LogP contribution >= 0.6 is 0 Å². The number of hydrogen-bond acceptors (Lipinski definition) is 15. The van der Waals surface area contributed by atoms with Crippen molar-refractivity contribution in [3.8, 4) is 0 Å². The lowest BCUT2D eigenvalue weighted by molar-refractivity contribution is -0.332. The molecule has 2 aliphatic heterocycles. The van der Waals surface area contributed by atoms with E-state index >= 15 is 0 Å². The smallest absolute Gasteiger partial charge is 0.306 e. The van der Waals surface area contributed by atoms with Gasteiger partial charge >= 0.3 is 11.9 Å². The first-order valence-electron chi connectivity index (χ1n) is 18.0. The Balaban J connectivity index is 1.82. The predicted octanol–water partition coefficient (Wildman–Crippen LogP) is 1.08. The molecule has 0 bridgehead atoms. The van der Waals surface area contributed by atoms with Gasteiger partial charge in [0.2, 0.25) is 0 Å². The number of esters is 2. The van der Waals surface area contributed by atoms with Gasteiger partial charge < -0.3 is 64.2 Å². The van der Waals surface area contributed by atoms with E-state index in [1.807, 2.05) is 13.0 Å². The van der Waals surface area contributed by atoms with Crippen LogP contribution in [0.4, 0.5) is 0 Å². The Morgan fingerprint density at radius 2 is 1.27 bits per heavy atom. The fraction of sp³-hybridized carbons (Fsp3) is 0.778. The number of rotatable bonds is 25. The molecular weight excluding hydrogens is 672 g/mol. The van der Waals surface area contributed by atoms with Gasteiger partial charge in [-0.05, 0) is 38.5 Å². The second-order valence-electron chi connectivity index (χ2n) is 12.8.